The monoisotopic (exact) mass is 219 g/mol. The molecule has 15 heavy (non-hydrogen) atoms. The first-order chi connectivity index (χ1) is 6.92. The van der Waals surface area contributed by atoms with E-state index in [0.717, 1.165) is 4.90 Å². The summed E-state index contributed by atoms with van der Waals surface area (Å²) in [5.74, 6) is 0. The highest BCUT2D eigenvalue weighted by atomic mass is 19.4. The second-order valence-electron chi connectivity index (χ2n) is 3.18. The van der Waals surface area contributed by atoms with Gasteiger partial charge in [0.1, 0.15) is 6.54 Å². The lowest BCUT2D eigenvalue weighted by Gasteiger charge is -2.20. The van der Waals surface area contributed by atoms with Gasteiger partial charge in [0.25, 0.3) is 0 Å². The molecule has 0 spiro atoms. The van der Waals surface area contributed by atoms with Crippen LogP contribution < -0.4 is 10.6 Å². The minimum Gasteiger partial charge on any atom is -0.364 e. The summed E-state index contributed by atoms with van der Waals surface area (Å²) in [7, 11) is 1.37. The third-order valence-electron chi connectivity index (χ3n) is 1.88. The number of rotatable bonds is 3. The average molecular weight is 219 g/mol. The normalized spacial score (nSPS) is 11.5. The molecule has 2 N–H and O–H groups in total. The van der Waals surface area contributed by atoms with Crippen molar-refractivity contribution in [3.05, 3.63) is 24.0 Å². The Morgan fingerprint density at radius 2 is 2.07 bits per heavy atom. The summed E-state index contributed by atoms with van der Waals surface area (Å²) in [6.45, 7) is -0.708. The molecule has 0 atom stereocenters. The number of halogens is 3. The van der Waals surface area contributed by atoms with E-state index in [0.29, 0.717) is 11.4 Å². The highest BCUT2D eigenvalue weighted by molar-refractivity contribution is 5.43. The van der Waals surface area contributed by atoms with E-state index >= 15 is 0 Å². The quantitative estimate of drug-likeness (QED) is 0.838. The lowest BCUT2D eigenvalue weighted by Crippen LogP contribution is -2.30. The molecule has 0 saturated carbocycles. The Balaban J connectivity index is 2.70. The Morgan fingerprint density at radius 1 is 1.40 bits per heavy atom. The highest BCUT2D eigenvalue weighted by Crippen LogP contribution is 2.20. The minimum absolute atomic E-state index is 0.281. The van der Waals surface area contributed by atoms with Crippen LogP contribution in [0.15, 0.2) is 18.3 Å². The molecular weight excluding hydrogens is 207 g/mol. The number of anilines is 1. The third-order valence-corrected chi connectivity index (χ3v) is 1.88. The predicted molar refractivity (Wildman–Crippen MR) is 51.5 cm³/mol. The number of hydrogen-bond acceptors (Lipinski definition) is 3. The van der Waals surface area contributed by atoms with Gasteiger partial charge in [0.05, 0.1) is 17.6 Å². The van der Waals surface area contributed by atoms with Crippen molar-refractivity contribution < 1.29 is 13.2 Å². The maximum atomic E-state index is 12.1. The zero-order chi connectivity index (χ0) is 11.5. The molecular formula is C9H12F3N3. The molecule has 84 valence electrons. The second-order valence-corrected chi connectivity index (χ2v) is 3.18. The van der Waals surface area contributed by atoms with Crippen molar-refractivity contribution in [2.24, 2.45) is 5.73 Å². The molecule has 0 radical (unpaired) electrons. The van der Waals surface area contributed by atoms with Gasteiger partial charge in [-0.15, -0.1) is 0 Å². The van der Waals surface area contributed by atoms with Gasteiger partial charge < -0.3 is 10.6 Å². The Bertz CT molecular complexity index is 307. The largest absolute Gasteiger partial charge is 0.405 e. The molecule has 0 bridgehead atoms. The number of nitrogens with zero attached hydrogens (tertiary/aromatic N) is 2. The van der Waals surface area contributed by atoms with Gasteiger partial charge in [0.15, 0.2) is 0 Å². The van der Waals surface area contributed by atoms with Crippen LogP contribution in [-0.2, 0) is 6.54 Å². The maximum Gasteiger partial charge on any atom is 0.405 e. The molecule has 0 aromatic carbocycles. The Kier molecular flexibility index (Phi) is 3.52. The second kappa shape index (κ2) is 4.48. The topological polar surface area (TPSA) is 42.1 Å². The average Bonchev–Trinajstić information content (AvgIpc) is 2.15. The van der Waals surface area contributed by atoms with E-state index < -0.39 is 12.7 Å². The van der Waals surface area contributed by atoms with Crippen molar-refractivity contribution in [1.82, 2.24) is 4.98 Å². The number of alkyl halides is 3. The van der Waals surface area contributed by atoms with E-state index in [1.165, 1.54) is 13.2 Å². The lowest BCUT2D eigenvalue weighted by molar-refractivity contribution is -0.119. The van der Waals surface area contributed by atoms with Gasteiger partial charge in [0, 0.05) is 13.6 Å². The Hall–Kier alpha value is -1.30. The van der Waals surface area contributed by atoms with E-state index in [2.05, 4.69) is 4.98 Å². The van der Waals surface area contributed by atoms with Crippen LogP contribution in [0.5, 0.6) is 0 Å². The van der Waals surface area contributed by atoms with Crippen LogP contribution in [0.1, 0.15) is 5.69 Å². The molecule has 0 saturated heterocycles. The Morgan fingerprint density at radius 3 is 2.47 bits per heavy atom. The fraction of sp³-hybridized carbons (Fsp3) is 0.444. The molecule has 1 rings (SSSR count). The molecule has 0 amide bonds. The van der Waals surface area contributed by atoms with Crippen molar-refractivity contribution in [2.75, 3.05) is 18.5 Å². The fourth-order valence-electron chi connectivity index (χ4n) is 1.12. The lowest BCUT2D eigenvalue weighted by atomic mass is 10.3. The maximum absolute atomic E-state index is 12.1. The van der Waals surface area contributed by atoms with Crippen LogP contribution in [0.3, 0.4) is 0 Å². The summed E-state index contributed by atoms with van der Waals surface area (Å²) >= 11 is 0. The van der Waals surface area contributed by atoms with Crippen LogP contribution in [0.25, 0.3) is 0 Å². The van der Waals surface area contributed by atoms with Gasteiger partial charge in [-0.1, -0.05) is 0 Å². The molecule has 6 heteroatoms. The van der Waals surface area contributed by atoms with Crippen molar-refractivity contribution in [3.63, 3.8) is 0 Å². The zero-order valence-corrected chi connectivity index (χ0v) is 8.25. The van der Waals surface area contributed by atoms with Gasteiger partial charge >= 0.3 is 6.18 Å². The van der Waals surface area contributed by atoms with Crippen molar-refractivity contribution >= 4 is 5.69 Å². The minimum atomic E-state index is -4.21. The summed E-state index contributed by atoms with van der Waals surface area (Å²) in [4.78, 5) is 5.00. The van der Waals surface area contributed by atoms with Gasteiger partial charge in [-0.25, -0.2) is 0 Å². The van der Waals surface area contributed by atoms with Gasteiger partial charge in [-0.05, 0) is 12.1 Å². The van der Waals surface area contributed by atoms with Crippen molar-refractivity contribution in [1.29, 1.82) is 0 Å². The SMILES string of the molecule is CN(CC(F)(F)F)c1ccc(CN)nc1. The molecule has 3 nitrogen and oxygen atoms in total. The van der Waals surface area contributed by atoms with Gasteiger partial charge in [0.2, 0.25) is 0 Å². The first-order valence-electron chi connectivity index (χ1n) is 4.35. The summed E-state index contributed by atoms with van der Waals surface area (Å²) < 4.78 is 36.2. The zero-order valence-electron chi connectivity index (χ0n) is 8.25. The molecule has 0 aliphatic heterocycles. The van der Waals surface area contributed by atoms with Crippen molar-refractivity contribution in [3.8, 4) is 0 Å². The smallest absolute Gasteiger partial charge is 0.364 e. The number of pyridine rings is 1. The summed E-state index contributed by atoms with van der Waals surface area (Å²) in [5.41, 5.74) is 6.39. The molecule has 1 heterocycles. The predicted octanol–water partition coefficient (Wildman–Crippen LogP) is 1.54. The third kappa shape index (κ3) is 3.75. The molecule has 0 aliphatic rings. The van der Waals surface area contributed by atoms with Crippen LogP contribution >= 0.6 is 0 Å². The molecule has 0 unspecified atom stereocenters. The van der Waals surface area contributed by atoms with E-state index in [9.17, 15) is 13.2 Å². The van der Waals surface area contributed by atoms with Gasteiger partial charge in [-0.2, -0.15) is 13.2 Å². The number of nitrogens with two attached hydrogens (primary N) is 1. The highest BCUT2D eigenvalue weighted by Gasteiger charge is 2.29. The summed E-state index contributed by atoms with van der Waals surface area (Å²) in [6.07, 6.45) is -2.82. The Labute approximate surface area is 85.7 Å². The standard InChI is InChI=1S/C9H12F3N3/c1-15(6-9(10,11)12)8-3-2-7(4-13)14-5-8/h2-3,5H,4,6,13H2,1H3. The van der Waals surface area contributed by atoms with E-state index in [-0.39, 0.29) is 6.54 Å². The summed E-state index contributed by atoms with van der Waals surface area (Å²) in [5, 5.41) is 0. The molecule has 0 fully saturated rings. The fourth-order valence-corrected chi connectivity index (χ4v) is 1.12. The molecule has 1 aromatic rings. The van der Waals surface area contributed by atoms with E-state index in [1.54, 1.807) is 12.1 Å². The molecule has 1 aromatic heterocycles. The van der Waals surface area contributed by atoms with Crippen LogP contribution in [0.4, 0.5) is 18.9 Å². The van der Waals surface area contributed by atoms with E-state index in [4.69, 9.17) is 5.73 Å². The first kappa shape index (κ1) is 11.8. The number of aromatic nitrogens is 1. The van der Waals surface area contributed by atoms with Crippen LogP contribution in [0, 0.1) is 0 Å². The summed E-state index contributed by atoms with van der Waals surface area (Å²) in [6, 6.07) is 3.18. The first-order valence-corrected chi connectivity index (χ1v) is 4.35. The number of hydrogen-bond donors (Lipinski definition) is 1. The van der Waals surface area contributed by atoms with E-state index in [1.807, 2.05) is 0 Å². The molecule has 0 aliphatic carbocycles. The van der Waals surface area contributed by atoms with Crippen molar-refractivity contribution in [2.45, 2.75) is 12.7 Å². The van der Waals surface area contributed by atoms with Crippen LogP contribution in [0.2, 0.25) is 0 Å². The van der Waals surface area contributed by atoms with Crippen LogP contribution in [-0.4, -0.2) is 24.8 Å². The van der Waals surface area contributed by atoms with Gasteiger partial charge in [-0.3, -0.25) is 4.98 Å².